The van der Waals surface area contributed by atoms with E-state index in [9.17, 15) is 23.6 Å². The second kappa shape index (κ2) is 12.1. The van der Waals surface area contributed by atoms with E-state index in [0.717, 1.165) is 5.75 Å². The van der Waals surface area contributed by atoms with Gasteiger partial charge < -0.3 is 23.3 Å². The zero-order valence-electron chi connectivity index (χ0n) is 24.4. The Hall–Kier alpha value is -3.95. The number of carbonyl (C=O) groups is 1. The Morgan fingerprint density at radius 3 is 2.55 bits per heavy atom. The molecule has 0 aliphatic rings. The van der Waals surface area contributed by atoms with Gasteiger partial charge in [-0.25, -0.2) is 18.6 Å². The maximum Gasteiger partial charge on any atom is 0.343 e. The summed E-state index contributed by atoms with van der Waals surface area (Å²) in [6.45, 7) is 1.67. The molecule has 2 heterocycles. The van der Waals surface area contributed by atoms with Gasteiger partial charge in [0.05, 0.1) is 41.9 Å². The van der Waals surface area contributed by atoms with Crippen LogP contribution in [0.5, 0.6) is 5.75 Å². The van der Waals surface area contributed by atoms with Crippen molar-refractivity contribution in [2.45, 2.75) is 26.6 Å². The van der Waals surface area contributed by atoms with E-state index in [2.05, 4.69) is 25.0 Å². The molecule has 0 amide bonds. The molecule has 0 bridgehead atoms. The number of aromatic nitrogens is 3. The molecule has 9 nitrogen and oxygen atoms in total. The number of rotatable bonds is 12. The molecule has 0 spiro atoms. The number of nitrogens with zero attached hydrogens (tertiary/aromatic N) is 4. The van der Waals surface area contributed by atoms with Crippen molar-refractivity contribution in [3.8, 4) is 11.8 Å². The summed E-state index contributed by atoms with van der Waals surface area (Å²) in [6, 6.07) is 11.9. The van der Waals surface area contributed by atoms with Crippen LogP contribution in [0, 0.1) is 11.3 Å². The monoisotopic (exact) mass is 602 g/mol. The van der Waals surface area contributed by atoms with Gasteiger partial charge in [-0.3, -0.25) is 14.0 Å². The highest BCUT2D eigenvalue weighted by Gasteiger charge is 2.21. The fourth-order valence-corrected chi connectivity index (χ4v) is 5.25. The minimum absolute atomic E-state index is 0.00660. The number of hydrogen-bond donors (Lipinski definition) is 1. The van der Waals surface area contributed by atoms with Gasteiger partial charge in [0, 0.05) is 17.6 Å². The molecule has 42 heavy (non-hydrogen) atoms. The third-order valence-corrected chi connectivity index (χ3v) is 8.53. The number of imidazole rings is 1. The summed E-state index contributed by atoms with van der Waals surface area (Å²) in [5, 5.41) is 10.1. The van der Waals surface area contributed by atoms with Gasteiger partial charge in [0.1, 0.15) is 36.5 Å². The number of para-hydroxylation sites is 1. The lowest BCUT2D eigenvalue weighted by Crippen LogP contribution is -2.22. The number of halogens is 2. The fourth-order valence-electron chi connectivity index (χ4n) is 4.39. The van der Waals surface area contributed by atoms with Crippen LogP contribution >= 0.6 is 9.16 Å². The number of fused-ring (bicyclic) bond motifs is 2. The van der Waals surface area contributed by atoms with Gasteiger partial charge in [-0.15, -0.1) is 0 Å². The van der Waals surface area contributed by atoms with E-state index in [-0.39, 0.29) is 36.8 Å². The molecule has 0 fully saturated rings. The van der Waals surface area contributed by atoms with Crippen molar-refractivity contribution in [1.29, 1.82) is 5.26 Å². The zero-order chi connectivity index (χ0) is 30.7. The summed E-state index contributed by atoms with van der Waals surface area (Å²) in [4.78, 5) is 30.5. The van der Waals surface area contributed by atoms with Crippen molar-refractivity contribution in [1.82, 2.24) is 14.1 Å². The highest BCUT2D eigenvalue weighted by Crippen LogP contribution is 2.54. The molecule has 0 aliphatic heterocycles. The van der Waals surface area contributed by atoms with Gasteiger partial charge in [0.25, 0.3) is 6.43 Å². The van der Waals surface area contributed by atoms with Crippen molar-refractivity contribution in [2.24, 2.45) is 0 Å². The van der Waals surface area contributed by atoms with E-state index in [0.29, 0.717) is 34.4 Å². The topological polar surface area (TPSA) is 108 Å². The molecule has 12 heteroatoms. The zero-order valence-corrected chi connectivity index (χ0v) is 25.3. The fraction of sp³-hybridized carbons (Fsp3) is 0.400. The molecule has 0 saturated heterocycles. The normalized spacial score (nSPS) is 12.8. The highest BCUT2D eigenvalue weighted by atomic mass is 32.3. The Balaban J connectivity index is 1.83. The molecule has 226 valence electrons. The van der Waals surface area contributed by atoms with Crippen LogP contribution in [0.15, 0.2) is 47.4 Å². The van der Waals surface area contributed by atoms with E-state index in [1.165, 1.54) is 12.3 Å². The molecular formula is C30H36F2N4O5S. The Morgan fingerprint density at radius 2 is 1.88 bits per heavy atom. The van der Waals surface area contributed by atoms with Gasteiger partial charge in [0.15, 0.2) is 0 Å². The van der Waals surface area contributed by atoms with E-state index in [1.54, 1.807) is 46.4 Å². The number of hydrogen-bond acceptors (Lipinski definition) is 7. The van der Waals surface area contributed by atoms with Crippen LogP contribution in [-0.2, 0) is 22.7 Å². The molecular weight excluding hydrogens is 566 g/mol. The lowest BCUT2D eigenvalue weighted by atomic mass is 10.1. The van der Waals surface area contributed by atoms with Crippen molar-refractivity contribution >= 4 is 37.1 Å². The molecule has 2 aromatic carbocycles. The lowest BCUT2D eigenvalue weighted by molar-refractivity contribution is 0.0524. The molecule has 4 aromatic rings. The van der Waals surface area contributed by atoms with Crippen molar-refractivity contribution < 1.29 is 27.8 Å². The second-order valence-corrected chi connectivity index (χ2v) is 20.4. The standard InChI is InChI=1S/C30H36F2N4O5S/c1-6-40-30(38)22-16-35(24-10-8-7-9-21(24)29(22)37)17-28-34-23-14-26(41-18-27(31)32)20(15-33)13-25(23)36(28)19-39-11-12-42(2,3,4)5/h7-10,13-14,16,27,42H,6,11-12,17-19H2,1-5H3. The Morgan fingerprint density at radius 1 is 1.14 bits per heavy atom. The first-order chi connectivity index (χ1) is 19.8. The molecule has 4 rings (SSSR count). The summed E-state index contributed by atoms with van der Waals surface area (Å²) < 4.78 is 45.7. The third-order valence-electron chi connectivity index (χ3n) is 6.56. The van der Waals surface area contributed by atoms with Gasteiger partial charge >= 0.3 is 5.97 Å². The molecule has 2 aromatic heterocycles. The van der Waals surface area contributed by atoms with Gasteiger partial charge in [0.2, 0.25) is 5.43 Å². The summed E-state index contributed by atoms with van der Waals surface area (Å²) in [7, 11) is -1.82. The predicted octanol–water partition coefficient (Wildman–Crippen LogP) is 4.66. The quantitative estimate of drug-likeness (QED) is 0.143. The smallest absolute Gasteiger partial charge is 0.343 e. The van der Waals surface area contributed by atoms with Crippen molar-refractivity contribution in [3.63, 3.8) is 0 Å². The molecule has 0 unspecified atom stereocenters. The molecule has 0 N–H and O–H groups in total. The maximum absolute atomic E-state index is 13.1. The van der Waals surface area contributed by atoms with Crippen molar-refractivity contribution in [2.75, 3.05) is 50.6 Å². The molecule has 0 aliphatic carbocycles. The Bertz CT molecular complexity index is 1720. The van der Waals surface area contributed by atoms with E-state index >= 15 is 0 Å². The van der Waals surface area contributed by atoms with E-state index < -0.39 is 33.6 Å². The van der Waals surface area contributed by atoms with Crippen LogP contribution in [0.1, 0.15) is 28.7 Å². The number of esters is 1. The summed E-state index contributed by atoms with van der Waals surface area (Å²) in [5.41, 5.74) is 1.11. The number of nitriles is 1. The van der Waals surface area contributed by atoms with Crippen molar-refractivity contribution in [3.05, 3.63) is 69.8 Å². The number of benzene rings is 2. The summed E-state index contributed by atoms with van der Waals surface area (Å²) in [6.07, 6.45) is 7.79. The number of ether oxygens (including phenoxy) is 3. The van der Waals surface area contributed by atoms with Crippen LogP contribution in [0.3, 0.4) is 0 Å². The van der Waals surface area contributed by atoms with Gasteiger partial charge in [-0.1, -0.05) is 12.1 Å². The molecule has 0 atom stereocenters. The van der Waals surface area contributed by atoms with Crippen LogP contribution in [-0.4, -0.2) is 77.1 Å². The second-order valence-electron chi connectivity index (χ2n) is 12.1. The SMILES string of the molecule is CCOC(=O)c1cn(Cc2nc3cc(OCC(F)F)c(C#N)cc3n2COCC[SH](C)(C)(C)C)c2ccccc2c1=O. The van der Waals surface area contributed by atoms with Gasteiger partial charge in [-0.05, 0) is 55.9 Å². The average Bonchev–Trinajstić information content (AvgIpc) is 3.25. The van der Waals surface area contributed by atoms with Crippen LogP contribution < -0.4 is 10.2 Å². The van der Waals surface area contributed by atoms with E-state index in [1.807, 2.05) is 6.07 Å². The Kier molecular flexibility index (Phi) is 8.94. The number of alkyl halides is 2. The van der Waals surface area contributed by atoms with Crippen LogP contribution in [0.25, 0.3) is 21.9 Å². The largest absolute Gasteiger partial charge is 0.486 e. The first-order valence-corrected chi connectivity index (χ1v) is 17.7. The van der Waals surface area contributed by atoms with Crippen LogP contribution in [0.4, 0.5) is 8.78 Å². The summed E-state index contributed by atoms with van der Waals surface area (Å²) >= 11 is 0. The van der Waals surface area contributed by atoms with Gasteiger partial charge in [-0.2, -0.15) is 5.26 Å². The van der Waals surface area contributed by atoms with E-state index in [4.69, 9.17) is 19.2 Å². The first kappa shape index (κ1) is 31.0. The average molecular weight is 603 g/mol. The van der Waals surface area contributed by atoms with Crippen LogP contribution in [0.2, 0.25) is 0 Å². The highest BCUT2D eigenvalue weighted by molar-refractivity contribution is 8.47. The number of carbonyl (C=O) groups excluding carboxylic acids is 1. The minimum atomic E-state index is -2.70. The number of thiol groups is 1. The maximum atomic E-state index is 13.1. The Labute approximate surface area is 242 Å². The molecule has 0 saturated carbocycles. The molecule has 0 radical (unpaired) electrons. The lowest BCUT2D eigenvalue weighted by Gasteiger charge is -2.46. The predicted molar refractivity (Wildman–Crippen MR) is 163 cm³/mol. The first-order valence-electron chi connectivity index (χ1n) is 13.5. The third kappa shape index (κ3) is 7.27. The number of pyridine rings is 1. The summed E-state index contributed by atoms with van der Waals surface area (Å²) in [5.74, 6) is 0.683. The minimum Gasteiger partial charge on any atom is -0.486 e.